The summed E-state index contributed by atoms with van der Waals surface area (Å²) >= 11 is 5.68. The molecule has 0 saturated carbocycles. The molecule has 2 aromatic carbocycles. The number of aliphatic hydroxyl groups is 1. The summed E-state index contributed by atoms with van der Waals surface area (Å²) in [5.41, 5.74) is 1.17. The van der Waals surface area contributed by atoms with E-state index in [1.54, 1.807) is 12.4 Å². The fourth-order valence-electron chi connectivity index (χ4n) is 3.64. The van der Waals surface area contributed by atoms with Crippen LogP contribution in [0.5, 0.6) is 0 Å². The predicted octanol–water partition coefficient (Wildman–Crippen LogP) is 4.56. The molecule has 4 nitrogen and oxygen atoms in total. The number of benzene rings is 2. The SMILES string of the molecule is CC(C)N(C(=S)c1cnc(C(O)(c2ccccc2)c2ccccc2)cn1)C(C)C. The van der Waals surface area contributed by atoms with Crippen LogP contribution in [0, 0.1) is 0 Å². The lowest BCUT2D eigenvalue weighted by atomic mass is 9.84. The van der Waals surface area contributed by atoms with Gasteiger partial charge in [0.15, 0.2) is 5.60 Å². The highest BCUT2D eigenvalue weighted by Gasteiger charge is 2.35. The largest absolute Gasteiger partial charge is 0.374 e. The third-order valence-corrected chi connectivity index (χ3v) is 5.39. The third-order valence-electron chi connectivity index (χ3n) is 4.97. The number of nitrogens with zero attached hydrogens (tertiary/aromatic N) is 3. The number of hydrogen-bond donors (Lipinski definition) is 1. The first-order chi connectivity index (χ1) is 13.9. The van der Waals surface area contributed by atoms with E-state index in [-0.39, 0.29) is 12.1 Å². The van der Waals surface area contributed by atoms with Crippen LogP contribution >= 0.6 is 12.2 Å². The van der Waals surface area contributed by atoms with Crippen molar-refractivity contribution in [2.45, 2.75) is 45.4 Å². The van der Waals surface area contributed by atoms with Gasteiger partial charge in [-0.2, -0.15) is 0 Å². The van der Waals surface area contributed by atoms with Gasteiger partial charge in [0.25, 0.3) is 0 Å². The van der Waals surface area contributed by atoms with Crippen LogP contribution in [0.3, 0.4) is 0 Å². The van der Waals surface area contributed by atoms with Crippen molar-refractivity contribution in [2.24, 2.45) is 0 Å². The quantitative estimate of drug-likeness (QED) is 0.610. The van der Waals surface area contributed by atoms with Gasteiger partial charge in [-0.25, -0.2) is 0 Å². The number of thiocarbonyl (C=S) groups is 1. The lowest BCUT2D eigenvalue weighted by Crippen LogP contribution is -2.42. The molecule has 0 atom stereocenters. The molecule has 0 aliphatic rings. The van der Waals surface area contributed by atoms with Crippen molar-refractivity contribution < 1.29 is 5.11 Å². The van der Waals surface area contributed by atoms with Gasteiger partial charge in [-0.15, -0.1) is 0 Å². The van der Waals surface area contributed by atoms with E-state index >= 15 is 0 Å². The van der Waals surface area contributed by atoms with Crippen molar-refractivity contribution >= 4 is 17.2 Å². The molecule has 0 radical (unpaired) electrons. The number of rotatable bonds is 6. The van der Waals surface area contributed by atoms with Crippen LogP contribution in [0.4, 0.5) is 0 Å². The lowest BCUT2D eigenvalue weighted by Gasteiger charge is -2.33. The van der Waals surface area contributed by atoms with Crippen molar-refractivity contribution in [3.05, 3.63) is 95.6 Å². The maximum atomic E-state index is 11.8. The molecule has 0 bridgehead atoms. The van der Waals surface area contributed by atoms with E-state index in [2.05, 4.69) is 42.6 Å². The Bertz CT molecular complexity index is 893. The molecule has 0 spiro atoms. The molecule has 1 aromatic heterocycles. The zero-order valence-electron chi connectivity index (χ0n) is 17.3. The van der Waals surface area contributed by atoms with Crippen LogP contribution < -0.4 is 0 Å². The molecular formula is C24H27N3OS. The first kappa shape index (κ1) is 21.1. The predicted molar refractivity (Wildman–Crippen MR) is 121 cm³/mol. The van der Waals surface area contributed by atoms with Crippen LogP contribution in [-0.2, 0) is 5.60 Å². The zero-order valence-corrected chi connectivity index (χ0v) is 18.1. The second-order valence-electron chi connectivity index (χ2n) is 7.63. The van der Waals surface area contributed by atoms with Gasteiger partial charge in [0.1, 0.15) is 10.7 Å². The van der Waals surface area contributed by atoms with E-state index in [1.165, 1.54) is 0 Å². The van der Waals surface area contributed by atoms with Gasteiger partial charge < -0.3 is 10.0 Å². The van der Waals surface area contributed by atoms with E-state index in [0.717, 1.165) is 11.1 Å². The van der Waals surface area contributed by atoms with Crippen LogP contribution in [0.1, 0.15) is 50.2 Å². The first-order valence-corrected chi connectivity index (χ1v) is 10.2. The van der Waals surface area contributed by atoms with Gasteiger partial charge in [-0.3, -0.25) is 9.97 Å². The van der Waals surface area contributed by atoms with E-state index in [1.807, 2.05) is 60.7 Å². The molecule has 0 saturated heterocycles. The highest BCUT2D eigenvalue weighted by Crippen LogP contribution is 2.35. The second kappa shape index (κ2) is 8.80. The molecule has 1 heterocycles. The molecule has 5 heteroatoms. The van der Waals surface area contributed by atoms with Crippen LogP contribution in [0.15, 0.2) is 73.1 Å². The average molecular weight is 406 g/mol. The summed E-state index contributed by atoms with van der Waals surface area (Å²) in [5, 5.41) is 11.8. The highest BCUT2D eigenvalue weighted by atomic mass is 32.1. The Labute approximate surface area is 178 Å². The summed E-state index contributed by atoms with van der Waals surface area (Å²) in [6.45, 7) is 8.44. The van der Waals surface area contributed by atoms with E-state index in [0.29, 0.717) is 16.4 Å². The fourth-order valence-corrected chi connectivity index (χ4v) is 4.17. The third kappa shape index (κ3) is 4.21. The van der Waals surface area contributed by atoms with E-state index in [4.69, 9.17) is 12.2 Å². The van der Waals surface area contributed by atoms with E-state index < -0.39 is 5.60 Å². The summed E-state index contributed by atoms with van der Waals surface area (Å²) in [5.74, 6) is 0. The molecule has 3 rings (SSSR count). The van der Waals surface area contributed by atoms with Crippen molar-refractivity contribution in [1.82, 2.24) is 14.9 Å². The first-order valence-electron chi connectivity index (χ1n) is 9.84. The summed E-state index contributed by atoms with van der Waals surface area (Å²) in [6, 6.07) is 19.6. The minimum Gasteiger partial charge on any atom is -0.374 e. The van der Waals surface area contributed by atoms with Gasteiger partial charge in [-0.05, 0) is 38.8 Å². The van der Waals surface area contributed by atoms with Crippen LogP contribution in [0.25, 0.3) is 0 Å². The molecule has 0 aliphatic heterocycles. The highest BCUT2D eigenvalue weighted by molar-refractivity contribution is 7.80. The maximum absolute atomic E-state index is 11.8. The van der Waals surface area contributed by atoms with Crippen LogP contribution in [0.2, 0.25) is 0 Å². The number of hydrogen-bond acceptors (Lipinski definition) is 4. The van der Waals surface area contributed by atoms with Gasteiger partial charge in [-0.1, -0.05) is 72.9 Å². The minimum absolute atomic E-state index is 0.259. The summed E-state index contributed by atoms with van der Waals surface area (Å²) in [6.07, 6.45) is 3.28. The smallest absolute Gasteiger partial charge is 0.158 e. The van der Waals surface area contributed by atoms with Crippen molar-refractivity contribution in [3.8, 4) is 0 Å². The Hall–Kier alpha value is -2.63. The van der Waals surface area contributed by atoms with Gasteiger partial charge in [0.2, 0.25) is 0 Å². The minimum atomic E-state index is -1.40. The molecule has 0 aliphatic carbocycles. The summed E-state index contributed by atoms with van der Waals surface area (Å²) < 4.78 is 0. The Morgan fingerprint density at radius 3 is 1.69 bits per heavy atom. The molecule has 0 fully saturated rings. The van der Waals surface area contributed by atoms with Gasteiger partial charge in [0.05, 0.1) is 18.1 Å². The zero-order chi connectivity index (χ0) is 21.0. The Balaban J connectivity index is 2.04. The Morgan fingerprint density at radius 1 is 0.828 bits per heavy atom. The topological polar surface area (TPSA) is 49.2 Å². The maximum Gasteiger partial charge on any atom is 0.158 e. The summed E-state index contributed by atoms with van der Waals surface area (Å²) in [4.78, 5) is 12.0. The second-order valence-corrected chi connectivity index (χ2v) is 8.02. The van der Waals surface area contributed by atoms with E-state index in [9.17, 15) is 5.11 Å². The normalized spacial score (nSPS) is 11.7. The molecule has 29 heavy (non-hydrogen) atoms. The Morgan fingerprint density at radius 2 is 1.31 bits per heavy atom. The van der Waals surface area contributed by atoms with Crippen molar-refractivity contribution in [2.75, 3.05) is 0 Å². The average Bonchev–Trinajstić information content (AvgIpc) is 2.74. The van der Waals surface area contributed by atoms with Crippen LogP contribution in [-0.4, -0.2) is 37.0 Å². The lowest BCUT2D eigenvalue weighted by molar-refractivity contribution is 0.120. The molecule has 0 amide bonds. The molecule has 150 valence electrons. The van der Waals surface area contributed by atoms with Crippen molar-refractivity contribution in [3.63, 3.8) is 0 Å². The van der Waals surface area contributed by atoms with Gasteiger partial charge in [0, 0.05) is 12.1 Å². The standard InChI is InChI=1S/C24H27N3OS/c1-17(2)27(18(3)4)23(29)21-15-26-22(16-25-21)24(28,19-11-7-5-8-12-19)20-13-9-6-10-14-20/h5-18,28H,1-4H3. The monoisotopic (exact) mass is 405 g/mol. The molecule has 1 N–H and O–H groups in total. The Kier molecular flexibility index (Phi) is 6.40. The fraction of sp³-hybridized carbons (Fsp3) is 0.292. The molecule has 3 aromatic rings. The van der Waals surface area contributed by atoms with Crippen molar-refractivity contribution in [1.29, 1.82) is 0 Å². The molecule has 0 unspecified atom stereocenters. The molecular weight excluding hydrogens is 378 g/mol. The summed E-state index contributed by atoms with van der Waals surface area (Å²) in [7, 11) is 0. The number of aromatic nitrogens is 2. The van der Waals surface area contributed by atoms with Gasteiger partial charge >= 0.3 is 0 Å².